The molecule has 0 spiro atoms. The fourth-order valence-corrected chi connectivity index (χ4v) is 0.0337. The molecule has 0 N–H and O–H groups in total. The molecule has 8 heavy (non-hydrogen) atoms. The molecule has 0 heterocycles. The van der Waals surface area contributed by atoms with E-state index >= 15 is 0 Å². The molecule has 53 valence electrons. The third-order valence-electron chi connectivity index (χ3n) is 0.254. The summed E-state index contributed by atoms with van der Waals surface area (Å²) in [6.45, 7) is 0. The molecular weight excluding hydrogens is 177 g/mol. The molecule has 0 saturated heterocycles. The molecule has 0 amide bonds. The summed E-state index contributed by atoms with van der Waals surface area (Å²) in [5.41, 5.74) is 0. The molecule has 0 aromatic rings. The summed E-state index contributed by atoms with van der Waals surface area (Å²) in [5.74, 6) is -2.15. The van der Waals surface area contributed by atoms with E-state index in [9.17, 15) is 13.3 Å². The van der Waals surface area contributed by atoms with Crippen LogP contribution >= 0.6 is 0 Å². The van der Waals surface area contributed by atoms with Gasteiger partial charge in [-0.05, 0) is 0 Å². The van der Waals surface area contributed by atoms with Crippen LogP contribution in [0, 0.1) is 0 Å². The number of alkyl halides is 2. The van der Waals surface area contributed by atoms with Gasteiger partial charge in [0.25, 0.3) is 0 Å². The van der Waals surface area contributed by atoms with Crippen LogP contribution in [0.25, 0.3) is 0 Å². The molecular formula is C2HCuF3O2. The quantitative estimate of drug-likeness (QED) is 0.551. The van der Waals surface area contributed by atoms with Crippen LogP contribution in [0.2, 0.25) is 0 Å². The molecule has 2 nitrogen and oxygen atoms in total. The summed E-state index contributed by atoms with van der Waals surface area (Å²) in [6.07, 6.45) is -3.37. The summed E-state index contributed by atoms with van der Waals surface area (Å²) in [7, 11) is 0. The molecule has 0 unspecified atom stereocenters. The van der Waals surface area contributed by atoms with Gasteiger partial charge >= 0.3 is 12.4 Å². The van der Waals surface area contributed by atoms with Crippen LogP contribution in [0.1, 0.15) is 0 Å². The van der Waals surface area contributed by atoms with Gasteiger partial charge in [0.15, 0.2) is 0 Å². The molecule has 0 bridgehead atoms. The SMILES string of the molecule is O=C(OF)C(F)F.[Cu]. The Hall–Kier alpha value is -0.221. The van der Waals surface area contributed by atoms with E-state index in [0.717, 1.165) is 0 Å². The summed E-state index contributed by atoms with van der Waals surface area (Å²) >= 11 is 0. The minimum Gasteiger partial charge on any atom is -0.248 e. The Morgan fingerprint density at radius 2 is 1.88 bits per heavy atom. The fourth-order valence-electron chi connectivity index (χ4n) is 0.0337. The first-order valence-electron chi connectivity index (χ1n) is 1.29. The van der Waals surface area contributed by atoms with Gasteiger partial charge in [-0.3, -0.25) is 0 Å². The van der Waals surface area contributed by atoms with Gasteiger partial charge in [0, 0.05) is 21.6 Å². The van der Waals surface area contributed by atoms with Gasteiger partial charge in [-0.2, -0.15) is 8.78 Å². The summed E-state index contributed by atoms with van der Waals surface area (Å²) < 4.78 is 31.7. The van der Waals surface area contributed by atoms with E-state index < -0.39 is 12.4 Å². The molecule has 0 aliphatic rings. The van der Waals surface area contributed by atoms with Crippen molar-refractivity contribution in [1.29, 1.82) is 0 Å². The van der Waals surface area contributed by atoms with E-state index in [1.165, 1.54) is 0 Å². The smallest absolute Gasteiger partial charge is 0.248 e. The zero-order valence-electron chi connectivity index (χ0n) is 3.33. The molecule has 1 radical (unpaired) electrons. The Morgan fingerprint density at radius 3 is 1.88 bits per heavy atom. The van der Waals surface area contributed by atoms with Crippen molar-refractivity contribution in [2.45, 2.75) is 6.43 Å². The maximum Gasteiger partial charge on any atom is 0.414 e. The second-order valence-electron chi connectivity index (χ2n) is 0.697. The monoisotopic (exact) mass is 177 g/mol. The Kier molecular flexibility index (Phi) is 6.59. The molecule has 0 saturated carbocycles. The van der Waals surface area contributed by atoms with Gasteiger partial charge in [-0.25, -0.2) is 9.74 Å². The van der Waals surface area contributed by atoms with Gasteiger partial charge in [0.05, 0.1) is 0 Å². The van der Waals surface area contributed by atoms with Crippen LogP contribution in [0.4, 0.5) is 13.3 Å². The maximum absolute atomic E-state index is 10.7. The van der Waals surface area contributed by atoms with Crippen molar-refractivity contribution in [2.75, 3.05) is 0 Å². The van der Waals surface area contributed by atoms with E-state index in [1.807, 2.05) is 0 Å². The van der Waals surface area contributed by atoms with Gasteiger partial charge in [0.1, 0.15) is 0 Å². The van der Waals surface area contributed by atoms with Gasteiger partial charge in [-0.1, -0.05) is 0 Å². The first kappa shape index (κ1) is 10.7. The van der Waals surface area contributed by atoms with Crippen molar-refractivity contribution in [3.8, 4) is 0 Å². The van der Waals surface area contributed by atoms with Crippen molar-refractivity contribution in [3.05, 3.63) is 0 Å². The van der Waals surface area contributed by atoms with E-state index in [2.05, 4.69) is 4.94 Å². The molecule has 0 aromatic carbocycles. The second kappa shape index (κ2) is 4.93. The summed E-state index contributed by atoms with van der Waals surface area (Å²) in [6, 6.07) is 0. The minimum absolute atomic E-state index is 0. The van der Waals surface area contributed by atoms with E-state index in [4.69, 9.17) is 4.79 Å². The Bertz CT molecular complexity index is 75.7. The topological polar surface area (TPSA) is 26.3 Å². The third kappa shape index (κ3) is 3.95. The van der Waals surface area contributed by atoms with Crippen molar-refractivity contribution >= 4 is 5.97 Å². The third-order valence-corrected chi connectivity index (χ3v) is 0.254. The fraction of sp³-hybridized carbons (Fsp3) is 0.500. The van der Waals surface area contributed by atoms with Crippen LogP contribution in [0.3, 0.4) is 0 Å². The van der Waals surface area contributed by atoms with E-state index in [1.54, 1.807) is 0 Å². The standard InChI is InChI=1S/C2HF3O2.Cu/c3-1(4)2(6)7-5;/h1H;. The molecule has 0 aliphatic carbocycles. The number of carbonyl (C=O) groups excluding carboxylic acids is 1. The van der Waals surface area contributed by atoms with Crippen LogP contribution in [0.15, 0.2) is 0 Å². The summed E-state index contributed by atoms with van der Waals surface area (Å²) in [5, 5.41) is 0. The number of rotatable bonds is 1. The van der Waals surface area contributed by atoms with Crippen molar-refractivity contribution in [2.24, 2.45) is 0 Å². The summed E-state index contributed by atoms with van der Waals surface area (Å²) in [4.78, 5) is 11.3. The van der Waals surface area contributed by atoms with Crippen LogP contribution < -0.4 is 0 Å². The number of carbonyl (C=O) groups is 1. The molecule has 0 rings (SSSR count). The number of hydrogen-bond donors (Lipinski definition) is 0. The van der Waals surface area contributed by atoms with Gasteiger partial charge < -0.3 is 0 Å². The van der Waals surface area contributed by atoms with Gasteiger partial charge in [0.2, 0.25) is 0 Å². The van der Waals surface area contributed by atoms with Crippen molar-refractivity contribution < 1.29 is 40.1 Å². The molecule has 0 atom stereocenters. The zero-order chi connectivity index (χ0) is 5.86. The first-order valence-corrected chi connectivity index (χ1v) is 1.29. The van der Waals surface area contributed by atoms with E-state index in [0.29, 0.717) is 0 Å². The molecule has 0 aromatic heterocycles. The normalized spacial score (nSPS) is 8.00. The van der Waals surface area contributed by atoms with Crippen molar-refractivity contribution in [3.63, 3.8) is 0 Å². The van der Waals surface area contributed by atoms with Crippen LogP contribution in [0.5, 0.6) is 0 Å². The average molecular weight is 178 g/mol. The largest absolute Gasteiger partial charge is 0.414 e. The average Bonchev–Trinajstić information content (AvgIpc) is 1.65. The van der Waals surface area contributed by atoms with Gasteiger partial charge in [-0.15, -0.1) is 0 Å². The zero-order valence-corrected chi connectivity index (χ0v) is 4.27. The van der Waals surface area contributed by atoms with E-state index in [-0.39, 0.29) is 17.1 Å². The number of hydrogen-bond acceptors (Lipinski definition) is 2. The molecule has 0 fully saturated rings. The molecule has 6 heteroatoms. The van der Waals surface area contributed by atoms with Crippen LogP contribution in [-0.2, 0) is 26.8 Å². The predicted octanol–water partition coefficient (Wildman–Crippen LogP) is 0.677. The molecule has 0 aliphatic heterocycles. The van der Waals surface area contributed by atoms with Crippen molar-refractivity contribution in [1.82, 2.24) is 0 Å². The first-order chi connectivity index (χ1) is 3.18. The maximum atomic E-state index is 10.7. The Morgan fingerprint density at radius 1 is 1.50 bits per heavy atom. The van der Waals surface area contributed by atoms with Crippen LogP contribution in [-0.4, -0.2) is 12.4 Å². The predicted molar refractivity (Wildman–Crippen MR) is 13.2 cm³/mol. The second-order valence-corrected chi connectivity index (χ2v) is 0.697. The number of halogens is 3. The Labute approximate surface area is 53.4 Å². The minimum atomic E-state index is -3.37. The Balaban J connectivity index is 0.